The molecular weight excluding hydrogens is 1090 g/mol. The van der Waals surface area contributed by atoms with Crippen molar-refractivity contribution in [2.75, 3.05) is 19.6 Å². The number of benzene rings is 2. The SMILES string of the molecule is CC[C@@]1(O)C(=O)OCc2c1cc1n(c2=O)Cc2c-1nc1cc(F)c(C)c3c1c2C(NC(=O)CCCNC(=O)CCC(=O)[C@H](Cc1ccccc1)NC(=O)CCC(=O)CNC(=O)[C@H](CC(=O)O)CC(=O)CCCCCN1C(=O)C=C(C)C1=O)CC3. The van der Waals surface area contributed by atoms with Crippen molar-refractivity contribution in [3.05, 3.63) is 109 Å². The van der Waals surface area contributed by atoms with Crippen LogP contribution in [0.25, 0.3) is 22.3 Å². The molecule has 22 nitrogen and oxygen atoms in total. The number of Topliss-reactive ketones (excluding diaryl/α,β-unsaturated/α-hetero) is 3. The van der Waals surface area contributed by atoms with Crippen LogP contribution in [0, 0.1) is 18.7 Å². The average Bonchev–Trinajstić information content (AvgIpc) is 1.48. The molecule has 3 aliphatic heterocycles. The third-order valence-electron chi connectivity index (χ3n) is 16.1. The summed E-state index contributed by atoms with van der Waals surface area (Å²) in [5, 5.41) is 32.4. The van der Waals surface area contributed by atoms with Gasteiger partial charge in [-0.15, -0.1) is 0 Å². The van der Waals surface area contributed by atoms with Crippen LogP contribution in [0.5, 0.6) is 0 Å². The molecule has 4 aliphatic rings. The van der Waals surface area contributed by atoms with E-state index in [-0.39, 0.29) is 119 Å². The quantitative estimate of drug-likeness (QED) is 0.0224. The fourth-order valence-electron chi connectivity index (χ4n) is 11.4. The Morgan fingerprint density at radius 3 is 2.30 bits per heavy atom. The molecular formula is C61H68FN7O15. The predicted molar refractivity (Wildman–Crippen MR) is 299 cm³/mol. The number of ether oxygens (including phenoxy) is 1. The van der Waals surface area contributed by atoms with Gasteiger partial charge in [-0.05, 0) is 87.1 Å². The smallest absolute Gasteiger partial charge is 0.343 e. The van der Waals surface area contributed by atoms with Gasteiger partial charge < -0.3 is 40.8 Å². The van der Waals surface area contributed by atoms with E-state index >= 15 is 4.39 Å². The number of halogens is 1. The molecule has 5 heterocycles. The van der Waals surface area contributed by atoms with E-state index in [2.05, 4.69) is 21.3 Å². The van der Waals surface area contributed by atoms with Crippen molar-refractivity contribution >= 4 is 75.6 Å². The van der Waals surface area contributed by atoms with Crippen molar-refractivity contribution in [2.45, 2.75) is 154 Å². The summed E-state index contributed by atoms with van der Waals surface area (Å²) in [7, 11) is 0. The van der Waals surface area contributed by atoms with Crippen molar-refractivity contribution in [3.8, 4) is 11.4 Å². The van der Waals surface area contributed by atoms with Crippen molar-refractivity contribution in [3.63, 3.8) is 0 Å². The number of cyclic esters (lactones) is 1. The van der Waals surface area contributed by atoms with Crippen LogP contribution < -0.4 is 26.8 Å². The van der Waals surface area contributed by atoms with Gasteiger partial charge in [-0.25, -0.2) is 14.2 Å². The number of nitrogens with zero attached hydrogens (tertiary/aromatic N) is 3. The van der Waals surface area contributed by atoms with E-state index in [9.17, 15) is 67.7 Å². The molecule has 0 saturated heterocycles. The molecule has 4 atom stereocenters. The Labute approximate surface area is 482 Å². The number of aliphatic hydroxyl groups is 1. The van der Waals surface area contributed by atoms with Gasteiger partial charge in [0, 0.05) is 92.3 Å². The summed E-state index contributed by atoms with van der Waals surface area (Å²) in [5.74, 6) is -8.33. The molecule has 6 N–H and O–H groups in total. The van der Waals surface area contributed by atoms with E-state index in [1.165, 1.54) is 16.7 Å². The molecule has 0 radical (unpaired) electrons. The molecule has 4 aromatic rings. The number of aromatic nitrogens is 2. The van der Waals surface area contributed by atoms with Gasteiger partial charge in [0.25, 0.3) is 17.4 Å². The zero-order valence-corrected chi connectivity index (χ0v) is 47.1. The lowest BCUT2D eigenvalue weighted by molar-refractivity contribution is -0.172. The first-order valence-corrected chi connectivity index (χ1v) is 28.4. The first-order valence-electron chi connectivity index (χ1n) is 28.4. The van der Waals surface area contributed by atoms with Crippen molar-refractivity contribution < 1.29 is 72.1 Å². The van der Waals surface area contributed by atoms with Crippen LogP contribution in [-0.4, -0.2) is 115 Å². The molecule has 84 heavy (non-hydrogen) atoms. The van der Waals surface area contributed by atoms with Gasteiger partial charge in [0.1, 0.15) is 18.2 Å². The first-order chi connectivity index (χ1) is 40.1. The molecule has 0 saturated carbocycles. The predicted octanol–water partition coefficient (Wildman–Crippen LogP) is 3.99. The van der Waals surface area contributed by atoms with Crippen molar-refractivity contribution in [1.29, 1.82) is 0 Å². The highest BCUT2D eigenvalue weighted by atomic mass is 19.1. The molecule has 2 aromatic carbocycles. The largest absolute Gasteiger partial charge is 0.481 e. The van der Waals surface area contributed by atoms with E-state index in [1.54, 1.807) is 57.2 Å². The Kier molecular flexibility index (Phi) is 19.6. The van der Waals surface area contributed by atoms with Gasteiger partial charge in [-0.2, -0.15) is 0 Å². The van der Waals surface area contributed by atoms with Crippen LogP contribution in [0.15, 0.2) is 58.9 Å². The minimum Gasteiger partial charge on any atom is -0.481 e. The number of pyridine rings is 2. The van der Waals surface area contributed by atoms with Crippen LogP contribution in [0.2, 0.25) is 0 Å². The Hall–Kier alpha value is -8.60. The van der Waals surface area contributed by atoms with Gasteiger partial charge in [-0.3, -0.25) is 57.6 Å². The second-order valence-corrected chi connectivity index (χ2v) is 21.9. The van der Waals surface area contributed by atoms with E-state index in [0.717, 1.165) is 10.5 Å². The molecule has 0 bridgehead atoms. The number of carboxylic acids is 1. The molecule has 1 unspecified atom stereocenters. The standard InChI is InChI=1S/C61H68FN7O15/c1-4-61(83)42-28-47-56-40(31-69(47)59(81)41(42)32-84-60(61)82)55-44(18-17-39-34(3)43(62)29-46(67-56)54(39)55)65-50(74)15-11-22-63-49(73)21-19-48(72)45(25-35-12-7-5-8-13-35)66-51(75)20-16-38(71)30-64-57(79)36(27-53(77)78)26-37(70)14-9-6-10-23-68-52(76)24-33(2)58(68)80/h5,7-8,12-13,24,28-29,36,44-45,83H,4,6,9-11,14-23,25-27,30-32H2,1-3H3,(H,63,73)(H,64,79)(H,65,74)(H,66,75)(H,77,78)/t36-,44?,45-,61-/m0/s1. The number of imide groups is 1. The number of ketones is 3. The van der Waals surface area contributed by atoms with Gasteiger partial charge in [-0.1, -0.05) is 43.7 Å². The monoisotopic (exact) mass is 1160 g/mol. The number of rotatable bonds is 29. The van der Waals surface area contributed by atoms with Crippen LogP contribution in [0.4, 0.5) is 4.39 Å². The zero-order chi connectivity index (χ0) is 60.6. The van der Waals surface area contributed by atoms with Gasteiger partial charge in [0.2, 0.25) is 23.6 Å². The van der Waals surface area contributed by atoms with E-state index in [0.29, 0.717) is 82.2 Å². The number of carbonyl (C=O) groups excluding carboxylic acids is 10. The molecule has 23 heteroatoms. The number of carboxylic acid groups (broad SMARTS) is 1. The number of hydrogen-bond acceptors (Lipinski definition) is 15. The van der Waals surface area contributed by atoms with Gasteiger partial charge in [0.05, 0.1) is 60.0 Å². The topological polar surface area (TPSA) is 324 Å². The zero-order valence-electron chi connectivity index (χ0n) is 47.1. The Balaban J connectivity index is 0.791. The average molecular weight is 1160 g/mol. The van der Waals surface area contributed by atoms with Crippen molar-refractivity contribution in [1.82, 2.24) is 35.7 Å². The fraction of sp³-hybridized carbons (Fsp3) is 0.459. The van der Waals surface area contributed by atoms with E-state index < -0.39 is 95.1 Å². The van der Waals surface area contributed by atoms with Crippen LogP contribution >= 0.6 is 0 Å². The normalized spacial score (nSPS) is 17.3. The molecule has 2 aromatic heterocycles. The lowest BCUT2D eigenvalue weighted by Gasteiger charge is -2.31. The van der Waals surface area contributed by atoms with Crippen molar-refractivity contribution in [2.24, 2.45) is 5.92 Å². The number of hydrogen-bond donors (Lipinski definition) is 6. The molecule has 0 fully saturated rings. The summed E-state index contributed by atoms with van der Waals surface area (Å²) in [5.41, 5.74) is 2.42. The minimum absolute atomic E-state index is 0.000954. The van der Waals surface area contributed by atoms with Gasteiger partial charge >= 0.3 is 11.9 Å². The summed E-state index contributed by atoms with van der Waals surface area (Å²) in [6.07, 6.45) is 1.50. The van der Waals surface area contributed by atoms with Crippen LogP contribution in [0.1, 0.15) is 149 Å². The maximum absolute atomic E-state index is 15.4. The minimum atomic E-state index is -2.05. The molecule has 6 amide bonds. The first kappa shape index (κ1) is 61.5. The number of nitrogens with one attached hydrogen (secondary N) is 4. The molecule has 0 spiro atoms. The lowest BCUT2D eigenvalue weighted by atomic mass is 9.81. The summed E-state index contributed by atoms with van der Waals surface area (Å²) < 4.78 is 22.1. The maximum atomic E-state index is 15.4. The molecule has 444 valence electrons. The van der Waals surface area contributed by atoms with Crippen LogP contribution in [-0.2, 0) is 89.1 Å². The number of esters is 1. The highest BCUT2D eigenvalue weighted by Crippen LogP contribution is 2.46. The summed E-state index contributed by atoms with van der Waals surface area (Å²) in [4.78, 5) is 160. The Bertz CT molecular complexity index is 3470. The lowest BCUT2D eigenvalue weighted by Crippen LogP contribution is -2.44. The highest BCUT2D eigenvalue weighted by molar-refractivity contribution is 6.15. The summed E-state index contributed by atoms with van der Waals surface area (Å²) in [6, 6.07) is 10.1. The number of carbonyl (C=O) groups is 11. The third-order valence-corrected chi connectivity index (χ3v) is 16.1. The number of aryl methyl sites for hydroxylation is 1. The van der Waals surface area contributed by atoms with Crippen LogP contribution in [0.3, 0.4) is 0 Å². The fourth-order valence-corrected chi connectivity index (χ4v) is 11.4. The molecule has 1 aliphatic carbocycles. The van der Waals surface area contributed by atoms with E-state index in [4.69, 9.17) is 9.72 Å². The Morgan fingerprint density at radius 2 is 1.58 bits per heavy atom. The number of fused-ring (bicyclic) bond motifs is 5. The number of aliphatic carboxylic acids is 1. The Morgan fingerprint density at radius 1 is 0.833 bits per heavy atom. The second kappa shape index (κ2) is 26.8. The summed E-state index contributed by atoms with van der Waals surface area (Å²) >= 11 is 0. The second-order valence-electron chi connectivity index (χ2n) is 21.9. The number of unbranched alkanes of at least 4 members (excludes halogenated alkanes) is 2. The highest BCUT2D eigenvalue weighted by Gasteiger charge is 2.46. The summed E-state index contributed by atoms with van der Waals surface area (Å²) in [6.45, 7) is 4.33. The van der Waals surface area contributed by atoms with E-state index in [1.807, 2.05) is 0 Å². The van der Waals surface area contributed by atoms with Gasteiger partial charge in [0.15, 0.2) is 17.2 Å². The molecule has 8 rings (SSSR count). The third kappa shape index (κ3) is 13.9. The maximum Gasteiger partial charge on any atom is 0.343 e. The number of amides is 6.